The molecule has 4 heteroatoms. The van der Waals surface area contributed by atoms with E-state index in [0.717, 1.165) is 26.8 Å². The Bertz CT molecular complexity index is 724. The maximum absolute atomic E-state index is 6.27. The van der Waals surface area contributed by atoms with Crippen LogP contribution in [0.1, 0.15) is 0 Å². The number of hydrogen-bond donors (Lipinski definition) is 1. The van der Waals surface area contributed by atoms with Crippen LogP contribution in [0.4, 0.5) is 11.4 Å². The Hall–Kier alpha value is -1.58. The highest BCUT2D eigenvalue weighted by molar-refractivity contribution is 9.10. The van der Waals surface area contributed by atoms with Crippen molar-refractivity contribution < 1.29 is 0 Å². The number of para-hydroxylation sites is 1. The summed E-state index contributed by atoms with van der Waals surface area (Å²) in [4.78, 5) is 4.33. The van der Waals surface area contributed by atoms with Gasteiger partial charge in [-0.25, -0.2) is 0 Å². The molecular formula is C15H10BrClN2. The number of nitrogens with one attached hydrogen (secondary N) is 1. The number of aromatic nitrogens is 1. The number of halogens is 2. The fourth-order valence-corrected chi connectivity index (χ4v) is 2.49. The van der Waals surface area contributed by atoms with E-state index in [1.54, 1.807) is 6.20 Å². The molecule has 3 rings (SSSR count). The summed E-state index contributed by atoms with van der Waals surface area (Å²) in [5.74, 6) is 0. The predicted octanol–water partition coefficient (Wildman–Crippen LogP) is 5.39. The van der Waals surface area contributed by atoms with Gasteiger partial charge in [-0.15, -0.1) is 0 Å². The molecule has 0 spiro atoms. The second kappa shape index (κ2) is 5.19. The molecule has 0 saturated heterocycles. The number of fused-ring (bicyclic) bond motifs is 1. The summed E-state index contributed by atoms with van der Waals surface area (Å²) >= 11 is 9.74. The Morgan fingerprint density at radius 3 is 2.63 bits per heavy atom. The summed E-state index contributed by atoms with van der Waals surface area (Å²) in [6, 6.07) is 15.9. The molecule has 0 saturated carbocycles. The molecule has 1 aromatic heterocycles. The fraction of sp³-hybridized carbons (Fsp3) is 0. The zero-order valence-electron chi connectivity index (χ0n) is 9.90. The molecule has 2 nitrogen and oxygen atoms in total. The fourth-order valence-electron chi connectivity index (χ4n) is 1.93. The monoisotopic (exact) mass is 332 g/mol. The minimum atomic E-state index is 0.606. The standard InChI is InChI=1S/C15H10BrClN2/c16-10-6-7-14-12(8-10)15(13(17)9-18-14)19-11-4-2-1-3-5-11/h1-9H,(H,18,19). The van der Waals surface area contributed by atoms with Gasteiger partial charge in [-0.05, 0) is 30.3 Å². The van der Waals surface area contributed by atoms with E-state index in [-0.39, 0.29) is 0 Å². The van der Waals surface area contributed by atoms with Gasteiger partial charge >= 0.3 is 0 Å². The van der Waals surface area contributed by atoms with E-state index in [1.807, 2.05) is 48.5 Å². The molecule has 94 valence electrons. The van der Waals surface area contributed by atoms with Crippen molar-refractivity contribution >= 4 is 49.8 Å². The lowest BCUT2D eigenvalue weighted by Gasteiger charge is -2.11. The van der Waals surface area contributed by atoms with E-state index < -0.39 is 0 Å². The first kappa shape index (κ1) is 12.5. The number of rotatable bonds is 2. The Labute approximate surface area is 124 Å². The van der Waals surface area contributed by atoms with E-state index in [0.29, 0.717) is 5.02 Å². The van der Waals surface area contributed by atoms with Gasteiger partial charge in [0.1, 0.15) is 0 Å². The van der Waals surface area contributed by atoms with Gasteiger partial charge in [0.05, 0.1) is 16.2 Å². The highest BCUT2D eigenvalue weighted by Gasteiger charge is 2.08. The van der Waals surface area contributed by atoms with Gasteiger partial charge in [0.2, 0.25) is 0 Å². The number of anilines is 2. The molecule has 2 aromatic carbocycles. The molecule has 0 aliphatic carbocycles. The molecule has 0 bridgehead atoms. The Kier molecular flexibility index (Phi) is 3.40. The number of pyridine rings is 1. The third-order valence-electron chi connectivity index (χ3n) is 2.83. The van der Waals surface area contributed by atoms with Gasteiger partial charge < -0.3 is 5.32 Å². The molecule has 1 N–H and O–H groups in total. The number of benzene rings is 2. The Morgan fingerprint density at radius 1 is 1.05 bits per heavy atom. The summed E-state index contributed by atoms with van der Waals surface area (Å²) in [6.07, 6.45) is 1.67. The first-order chi connectivity index (χ1) is 9.24. The van der Waals surface area contributed by atoms with Crippen molar-refractivity contribution in [1.82, 2.24) is 4.98 Å². The van der Waals surface area contributed by atoms with Gasteiger partial charge in [0, 0.05) is 21.7 Å². The Balaban J connectivity index is 2.16. The van der Waals surface area contributed by atoms with E-state index in [2.05, 4.69) is 26.2 Å². The third kappa shape index (κ3) is 2.57. The topological polar surface area (TPSA) is 24.9 Å². The van der Waals surface area contributed by atoms with Crippen molar-refractivity contribution in [2.75, 3.05) is 5.32 Å². The molecule has 1 heterocycles. The van der Waals surface area contributed by atoms with Crippen LogP contribution < -0.4 is 5.32 Å². The van der Waals surface area contributed by atoms with Crippen LogP contribution in [-0.4, -0.2) is 4.98 Å². The average molecular weight is 334 g/mol. The van der Waals surface area contributed by atoms with Crippen molar-refractivity contribution in [2.45, 2.75) is 0 Å². The van der Waals surface area contributed by atoms with Crippen LogP contribution in [0.2, 0.25) is 5.02 Å². The molecule has 0 fully saturated rings. The summed E-state index contributed by atoms with van der Waals surface area (Å²) in [5.41, 5.74) is 2.78. The zero-order valence-corrected chi connectivity index (χ0v) is 12.2. The minimum absolute atomic E-state index is 0.606. The lowest BCUT2D eigenvalue weighted by atomic mass is 10.2. The first-order valence-corrected chi connectivity index (χ1v) is 6.97. The predicted molar refractivity (Wildman–Crippen MR) is 84.2 cm³/mol. The Morgan fingerprint density at radius 2 is 1.84 bits per heavy atom. The lowest BCUT2D eigenvalue weighted by Crippen LogP contribution is -1.93. The van der Waals surface area contributed by atoms with Crippen molar-refractivity contribution in [1.29, 1.82) is 0 Å². The highest BCUT2D eigenvalue weighted by atomic mass is 79.9. The summed E-state index contributed by atoms with van der Waals surface area (Å²) in [7, 11) is 0. The smallest absolute Gasteiger partial charge is 0.0830 e. The first-order valence-electron chi connectivity index (χ1n) is 5.80. The van der Waals surface area contributed by atoms with Gasteiger partial charge in [-0.1, -0.05) is 45.7 Å². The van der Waals surface area contributed by atoms with Gasteiger partial charge in [0.25, 0.3) is 0 Å². The molecule has 0 radical (unpaired) electrons. The van der Waals surface area contributed by atoms with Crippen molar-refractivity contribution in [3.8, 4) is 0 Å². The van der Waals surface area contributed by atoms with Gasteiger partial charge in [0.15, 0.2) is 0 Å². The molecule has 0 unspecified atom stereocenters. The average Bonchev–Trinajstić information content (AvgIpc) is 2.43. The number of hydrogen-bond acceptors (Lipinski definition) is 2. The van der Waals surface area contributed by atoms with Crippen LogP contribution in [0.3, 0.4) is 0 Å². The molecule has 0 aliphatic heterocycles. The zero-order chi connectivity index (χ0) is 13.2. The van der Waals surface area contributed by atoms with E-state index in [4.69, 9.17) is 11.6 Å². The SMILES string of the molecule is Clc1cnc2ccc(Br)cc2c1Nc1ccccc1. The van der Waals surface area contributed by atoms with Crippen LogP contribution in [0.5, 0.6) is 0 Å². The van der Waals surface area contributed by atoms with Crippen molar-refractivity contribution in [3.63, 3.8) is 0 Å². The highest BCUT2D eigenvalue weighted by Crippen LogP contribution is 2.33. The van der Waals surface area contributed by atoms with Gasteiger partial charge in [-0.3, -0.25) is 4.98 Å². The lowest BCUT2D eigenvalue weighted by molar-refractivity contribution is 1.40. The van der Waals surface area contributed by atoms with Crippen LogP contribution in [0.25, 0.3) is 10.9 Å². The molecule has 19 heavy (non-hydrogen) atoms. The number of nitrogens with zero attached hydrogens (tertiary/aromatic N) is 1. The van der Waals surface area contributed by atoms with E-state index in [9.17, 15) is 0 Å². The van der Waals surface area contributed by atoms with Crippen molar-refractivity contribution in [2.24, 2.45) is 0 Å². The largest absolute Gasteiger partial charge is 0.354 e. The minimum Gasteiger partial charge on any atom is -0.354 e. The van der Waals surface area contributed by atoms with Crippen molar-refractivity contribution in [3.05, 3.63) is 64.2 Å². The maximum Gasteiger partial charge on any atom is 0.0830 e. The van der Waals surface area contributed by atoms with Crippen LogP contribution >= 0.6 is 27.5 Å². The van der Waals surface area contributed by atoms with Gasteiger partial charge in [-0.2, -0.15) is 0 Å². The quantitative estimate of drug-likeness (QED) is 0.679. The van der Waals surface area contributed by atoms with E-state index in [1.165, 1.54) is 0 Å². The van der Waals surface area contributed by atoms with Crippen LogP contribution in [0, 0.1) is 0 Å². The summed E-state index contributed by atoms with van der Waals surface area (Å²) < 4.78 is 1.00. The molecule has 0 atom stereocenters. The van der Waals surface area contributed by atoms with E-state index >= 15 is 0 Å². The third-order valence-corrected chi connectivity index (χ3v) is 3.61. The molecule has 0 amide bonds. The second-order valence-electron chi connectivity index (χ2n) is 4.13. The maximum atomic E-state index is 6.27. The normalized spacial score (nSPS) is 10.6. The molecular weight excluding hydrogens is 324 g/mol. The second-order valence-corrected chi connectivity index (χ2v) is 5.46. The molecule has 3 aromatic rings. The van der Waals surface area contributed by atoms with Crippen LogP contribution in [0.15, 0.2) is 59.2 Å². The van der Waals surface area contributed by atoms with Crippen LogP contribution in [-0.2, 0) is 0 Å². The summed E-state index contributed by atoms with van der Waals surface area (Å²) in [6.45, 7) is 0. The summed E-state index contributed by atoms with van der Waals surface area (Å²) in [5, 5.41) is 4.95. The molecule has 0 aliphatic rings.